The highest BCUT2D eigenvalue weighted by Crippen LogP contribution is 2.44. The van der Waals surface area contributed by atoms with Gasteiger partial charge in [-0.1, -0.05) is 19.1 Å². The maximum Gasteiger partial charge on any atom is 0.153 e. The van der Waals surface area contributed by atoms with E-state index < -0.39 is 0 Å². The fraction of sp³-hybridized carbons (Fsp3) is 0.417. The Morgan fingerprint density at radius 2 is 2.21 bits per heavy atom. The third-order valence-corrected chi connectivity index (χ3v) is 3.05. The van der Waals surface area contributed by atoms with Crippen molar-refractivity contribution in [3.8, 4) is 5.75 Å². The van der Waals surface area contributed by atoms with Crippen LogP contribution in [0.3, 0.4) is 0 Å². The van der Waals surface area contributed by atoms with Gasteiger partial charge in [-0.3, -0.25) is 4.79 Å². The molecule has 1 aromatic carbocycles. The molecular weight excluding hydrogens is 176 g/mol. The third-order valence-electron chi connectivity index (χ3n) is 3.05. The molecule has 1 fully saturated rings. The van der Waals surface area contributed by atoms with Gasteiger partial charge in [-0.05, 0) is 36.3 Å². The second kappa shape index (κ2) is 3.45. The van der Waals surface area contributed by atoms with Crippen LogP contribution in [-0.4, -0.2) is 11.4 Å². The Morgan fingerprint density at radius 3 is 2.79 bits per heavy atom. The van der Waals surface area contributed by atoms with Gasteiger partial charge in [-0.2, -0.15) is 0 Å². The summed E-state index contributed by atoms with van der Waals surface area (Å²) < 4.78 is 0. The monoisotopic (exact) mass is 190 g/mol. The van der Waals surface area contributed by atoms with Crippen LogP contribution in [0.4, 0.5) is 0 Å². The molecule has 1 N–H and O–H groups in total. The van der Waals surface area contributed by atoms with Crippen LogP contribution < -0.4 is 0 Å². The molecule has 0 saturated heterocycles. The largest absolute Gasteiger partial charge is 0.507 e. The molecule has 1 saturated carbocycles. The predicted octanol–water partition coefficient (Wildman–Crippen LogP) is 2.72. The van der Waals surface area contributed by atoms with Gasteiger partial charge >= 0.3 is 0 Å². The second-order valence-corrected chi connectivity index (χ2v) is 4.03. The van der Waals surface area contributed by atoms with E-state index in [0.29, 0.717) is 23.7 Å². The van der Waals surface area contributed by atoms with Crippen LogP contribution in [0.5, 0.6) is 5.75 Å². The van der Waals surface area contributed by atoms with Gasteiger partial charge in [0.05, 0.1) is 5.56 Å². The molecule has 0 heterocycles. The molecular formula is C12H14O2. The lowest BCUT2D eigenvalue weighted by Gasteiger charge is -2.13. The number of benzene rings is 1. The lowest BCUT2D eigenvalue weighted by atomic mass is 9.94. The van der Waals surface area contributed by atoms with E-state index in [2.05, 4.69) is 6.92 Å². The van der Waals surface area contributed by atoms with Crippen molar-refractivity contribution < 1.29 is 9.90 Å². The minimum absolute atomic E-state index is 0.168. The quantitative estimate of drug-likeness (QED) is 0.744. The third kappa shape index (κ3) is 1.52. The number of rotatable bonds is 3. The second-order valence-electron chi connectivity index (χ2n) is 4.03. The smallest absolute Gasteiger partial charge is 0.153 e. The van der Waals surface area contributed by atoms with E-state index in [0.717, 1.165) is 5.56 Å². The van der Waals surface area contributed by atoms with Gasteiger partial charge in [0, 0.05) is 0 Å². The van der Waals surface area contributed by atoms with Crippen molar-refractivity contribution >= 4 is 6.29 Å². The number of carbonyl (C=O) groups excluding carboxylic acids is 1. The lowest BCUT2D eigenvalue weighted by molar-refractivity contribution is 0.112. The lowest BCUT2D eigenvalue weighted by Crippen LogP contribution is -1.97. The van der Waals surface area contributed by atoms with Gasteiger partial charge in [0.1, 0.15) is 5.75 Å². The number of carbonyl (C=O) groups is 1. The van der Waals surface area contributed by atoms with E-state index >= 15 is 0 Å². The summed E-state index contributed by atoms with van der Waals surface area (Å²) in [7, 11) is 0. The van der Waals surface area contributed by atoms with Crippen LogP contribution >= 0.6 is 0 Å². The van der Waals surface area contributed by atoms with Crippen molar-refractivity contribution in [2.24, 2.45) is 5.92 Å². The Hall–Kier alpha value is -1.31. The van der Waals surface area contributed by atoms with E-state index in [1.165, 1.54) is 12.8 Å². The molecule has 0 bridgehead atoms. The fourth-order valence-corrected chi connectivity index (χ4v) is 1.89. The zero-order valence-electron chi connectivity index (χ0n) is 8.23. The minimum atomic E-state index is 0.168. The Labute approximate surface area is 83.6 Å². The number of phenolic OH excluding ortho intramolecular Hbond substituents is 1. The molecule has 0 spiro atoms. The number of aldehydes is 1. The van der Waals surface area contributed by atoms with Crippen molar-refractivity contribution in [2.45, 2.75) is 25.7 Å². The van der Waals surface area contributed by atoms with Gasteiger partial charge in [0.15, 0.2) is 6.29 Å². The molecule has 1 unspecified atom stereocenters. The summed E-state index contributed by atoms with van der Waals surface area (Å²) in [4.78, 5) is 10.6. The first-order chi connectivity index (χ1) is 6.74. The summed E-state index contributed by atoms with van der Waals surface area (Å²) >= 11 is 0. The van der Waals surface area contributed by atoms with Crippen LogP contribution in [0, 0.1) is 5.92 Å². The van der Waals surface area contributed by atoms with Gasteiger partial charge in [0.2, 0.25) is 0 Å². The zero-order valence-corrected chi connectivity index (χ0v) is 8.23. The molecule has 0 amide bonds. The highest BCUT2D eigenvalue weighted by Gasteiger charge is 2.30. The Balaban J connectivity index is 2.36. The summed E-state index contributed by atoms with van der Waals surface area (Å²) in [5.74, 6) is 1.24. The zero-order chi connectivity index (χ0) is 10.1. The first-order valence-electron chi connectivity index (χ1n) is 5.01. The van der Waals surface area contributed by atoms with Gasteiger partial charge < -0.3 is 5.11 Å². The minimum Gasteiger partial charge on any atom is -0.507 e. The van der Waals surface area contributed by atoms with E-state index in [-0.39, 0.29) is 5.75 Å². The van der Waals surface area contributed by atoms with Gasteiger partial charge in [-0.15, -0.1) is 0 Å². The average molecular weight is 190 g/mol. The number of para-hydroxylation sites is 1. The highest BCUT2D eigenvalue weighted by molar-refractivity contribution is 5.80. The number of aromatic hydroxyl groups is 1. The van der Waals surface area contributed by atoms with Crippen LogP contribution in [-0.2, 0) is 0 Å². The van der Waals surface area contributed by atoms with Crippen LogP contribution in [0.15, 0.2) is 18.2 Å². The Morgan fingerprint density at radius 1 is 1.50 bits per heavy atom. The molecule has 0 radical (unpaired) electrons. The van der Waals surface area contributed by atoms with Crippen molar-refractivity contribution in [2.75, 3.05) is 0 Å². The normalized spacial score (nSPS) is 17.8. The summed E-state index contributed by atoms with van der Waals surface area (Å²) in [6.07, 6.45) is 3.19. The molecule has 1 aliphatic carbocycles. The molecule has 2 rings (SSSR count). The molecule has 1 atom stereocenters. The molecule has 1 aromatic rings. The molecule has 2 heteroatoms. The van der Waals surface area contributed by atoms with Crippen molar-refractivity contribution in [1.29, 1.82) is 0 Å². The van der Waals surface area contributed by atoms with E-state index in [9.17, 15) is 9.90 Å². The Kier molecular flexibility index (Phi) is 2.28. The standard InChI is InChI=1S/C12H14O2/c1-8(9-5-6-9)11-4-2-3-10(7-13)12(11)14/h2-4,7-9,14H,5-6H2,1H3. The predicted molar refractivity (Wildman–Crippen MR) is 54.6 cm³/mol. The molecule has 1 aliphatic rings. The SMILES string of the molecule is CC(c1cccc(C=O)c1O)C1CC1. The van der Waals surface area contributed by atoms with Crippen molar-refractivity contribution in [3.05, 3.63) is 29.3 Å². The van der Waals surface area contributed by atoms with Crippen molar-refractivity contribution in [3.63, 3.8) is 0 Å². The summed E-state index contributed by atoms with van der Waals surface area (Å²) in [6.45, 7) is 2.11. The van der Waals surface area contributed by atoms with E-state index in [1.807, 2.05) is 12.1 Å². The molecule has 0 aliphatic heterocycles. The van der Waals surface area contributed by atoms with E-state index in [4.69, 9.17) is 0 Å². The van der Waals surface area contributed by atoms with E-state index in [1.54, 1.807) is 6.07 Å². The maximum absolute atomic E-state index is 10.6. The first kappa shape index (κ1) is 9.25. The maximum atomic E-state index is 10.6. The van der Waals surface area contributed by atoms with Gasteiger partial charge in [0.25, 0.3) is 0 Å². The summed E-state index contributed by atoms with van der Waals surface area (Å²) in [6, 6.07) is 5.38. The fourth-order valence-electron chi connectivity index (χ4n) is 1.89. The number of hydrogen-bond acceptors (Lipinski definition) is 2. The topological polar surface area (TPSA) is 37.3 Å². The number of phenols is 1. The highest BCUT2D eigenvalue weighted by atomic mass is 16.3. The summed E-state index contributed by atoms with van der Waals surface area (Å²) in [5.41, 5.74) is 1.31. The van der Waals surface area contributed by atoms with Crippen LogP contribution in [0.25, 0.3) is 0 Å². The summed E-state index contributed by atoms with van der Waals surface area (Å²) in [5, 5.41) is 9.80. The van der Waals surface area contributed by atoms with Crippen LogP contribution in [0.1, 0.15) is 41.6 Å². The Bertz CT molecular complexity index is 353. The average Bonchev–Trinajstić information content (AvgIpc) is 3.00. The van der Waals surface area contributed by atoms with Gasteiger partial charge in [-0.25, -0.2) is 0 Å². The number of hydrogen-bond donors (Lipinski definition) is 1. The first-order valence-corrected chi connectivity index (χ1v) is 5.01. The molecule has 2 nitrogen and oxygen atoms in total. The van der Waals surface area contributed by atoms with Crippen molar-refractivity contribution in [1.82, 2.24) is 0 Å². The molecule has 14 heavy (non-hydrogen) atoms. The van der Waals surface area contributed by atoms with Crippen LogP contribution in [0.2, 0.25) is 0 Å². The molecule has 0 aromatic heterocycles. The molecule has 74 valence electrons.